The van der Waals surface area contributed by atoms with Crippen LogP contribution in [0.3, 0.4) is 0 Å². The first-order chi connectivity index (χ1) is 12.3. The van der Waals surface area contributed by atoms with E-state index in [4.69, 9.17) is 0 Å². The van der Waals surface area contributed by atoms with Gasteiger partial charge in [0.1, 0.15) is 5.69 Å². The lowest BCUT2D eigenvalue weighted by molar-refractivity contribution is 0.0741. The fourth-order valence-electron chi connectivity index (χ4n) is 3.60. The number of piperazine rings is 1. The van der Waals surface area contributed by atoms with Gasteiger partial charge in [0, 0.05) is 49.7 Å². The molecule has 2 aromatic rings. The highest BCUT2D eigenvalue weighted by molar-refractivity contribution is 7.09. The number of amides is 1. The third-order valence-electron chi connectivity index (χ3n) is 5.08. The minimum absolute atomic E-state index is 0.0824. The van der Waals surface area contributed by atoms with Gasteiger partial charge in [0.25, 0.3) is 5.91 Å². The number of hydrogen-bond acceptors (Lipinski definition) is 5. The van der Waals surface area contributed by atoms with Gasteiger partial charge in [-0.1, -0.05) is 18.2 Å². The van der Waals surface area contributed by atoms with Crippen molar-refractivity contribution in [1.29, 1.82) is 0 Å². The Bertz CT molecular complexity index is 703. The van der Waals surface area contributed by atoms with Crippen molar-refractivity contribution >= 4 is 22.9 Å². The first-order valence-corrected chi connectivity index (χ1v) is 9.94. The molecule has 4 rings (SSSR count). The number of piperidine rings is 1. The standard InChI is InChI=1S/C19H24N4OS/c24-19(17-14-25-18(21-17)15-5-4-8-20-13-15)23-11-9-22(10-12-23)16-6-2-1-3-7-16/h1-3,6-7,14-15,20H,4-5,8-13H2. The minimum Gasteiger partial charge on any atom is -0.368 e. The summed E-state index contributed by atoms with van der Waals surface area (Å²) in [5, 5.41) is 6.47. The van der Waals surface area contributed by atoms with Crippen LogP contribution in [-0.2, 0) is 0 Å². The Balaban J connectivity index is 1.37. The molecule has 1 amide bonds. The second-order valence-electron chi connectivity index (χ2n) is 6.73. The zero-order chi connectivity index (χ0) is 17.1. The van der Waals surface area contributed by atoms with E-state index in [2.05, 4.69) is 39.5 Å². The fourth-order valence-corrected chi connectivity index (χ4v) is 4.54. The van der Waals surface area contributed by atoms with E-state index in [9.17, 15) is 4.79 Å². The largest absolute Gasteiger partial charge is 0.368 e. The molecule has 5 nitrogen and oxygen atoms in total. The maximum Gasteiger partial charge on any atom is 0.273 e. The van der Waals surface area contributed by atoms with E-state index in [-0.39, 0.29) is 5.91 Å². The summed E-state index contributed by atoms with van der Waals surface area (Å²) in [7, 11) is 0. The Labute approximate surface area is 152 Å². The summed E-state index contributed by atoms with van der Waals surface area (Å²) < 4.78 is 0. The molecule has 0 radical (unpaired) electrons. The van der Waals surface area contributed by atoms with Gasteiger partial charge in [-0.2, -0.15) is 0 Å². The average molecular weight is 356 g/mol. The van der Waals surface area contributed by atoms with Crippen molar-refractivity contribution in [2.45, 2.75) is 18.8 Å². The van der Waals surface area contributed by atoms with Crippen LogP contribution in [0.15, 0.2) is 35.7 Å². The summed E-state index contributed by atoms with van der Waals surface area (Å²) in [6.45, 7) is 5.34. The number of hydrogen-bond donors (Lipinski definition) is 1. The molecule has 1 aromatic carbocycles. The predicted molar refractivity (Wildman–Crippen MR) is 102 cm³/mol. The zero-order valence-corrected chi connectivity index (χ0v) is 15.2. The van der Waals surface area contributed by atoms with Crippen LogP contribution >= 0.6 is 11.3 Å². The van der Waals surface area contributed by atoms with E-state index >= 15 is 0 Å². The van der Waals surface area contributed by atoms with E-state index in [1.807, 2.05) is 16.3 Å². The number of nitrogens with zero attached hydrogens (tertiary/aromatic N) is 3. The molecule has 1 aromatic heterocycles. The van der Waals surface area contributed by atoms with Gasteiger partial charge in [0.05, 0.1) is 5.01 Å². The van der Waals surface area contributed by atoms with Crippen molar-refractivity contribution in [2.75, 3.05) is 44.2 Å². The van der Waals surface area contributed by atoms with Crippen molar-refractivity contribution < 1.29 is 4.79 Å². The highest BCUT2D eigenvalue weighted by Gasteiger charge is 2.25. The van der Waals surface area contributed by atoms with Gasteiger partial charge >= 0.3 is 0 Å². The van der Waals surface area contributed by atoms with E-state index in [0.717, 1.165) is 44.3 Å². The van der Waals surface area contributed by atoms with Gasteiger partial charge in [-0.15, -0.1) is 11.3 Å². The molecule has 2 aliphatic heterocycles. The Morgan fingerprint density at radius 2 is 1.96 bits per heavy atom. The van der Waals surface area contributed by atoms with Crippen LogP contribution in [0.1, 0.15) is 34.3 Å². The molecule has 2 aliphatic rings. The van der Waals surface area contributed by atoms with Crippen LogP contribution in [0.5, 0.6) is 0 Å². The molecule has 6 heteroatoms. The maximum absolute atomic E-state index is 12.8. The van der Waals surface area contributed by atoms with Crippen LogP contribution in [0.2, 0.25) is 0 Å². The van der Waals surface area contributed by atoms with Crippen molar-refractivity contribution in [3.63, 3.8) is 0 Å². The summed E-state index contributed by atoms with van der Waals surface area (Å²) in [6, 6.07) is 10.4. The molecular weight excluding hydrogens is 332 g/mol. The molecular formula is C19H24N4OS. The monoisotopic (exact) mass is 356 g/mol. The second-order valence-corrected chi connectivity index (χ2v) is 7.62. The molecule has 0 aliphatic carbocycles. The van der Waals surface area contributed by atoms with E-state index in [1.165, 1.54) is 18.5 Å². The van der Waals surface area contributed by atoms with Gasteiger partial charge in [-0.25, -0.2) is 4.98 Å². The summed E-state index contributed by atoms with van der Waals surface area (Å²) >= 11 is 1.64. The zero-order valence-electron chi connectivity index (χ0n) is 14.4. The number of anilines is 1. The Kier molecular flexibility index (Phi) is 4.99. The van der Waals surface area contributed by atoms with Gasteiger partial charge in [0.2, 0.25) is 0 Å². The molecule has 1 atom stereocenters. The minimum atomic E-state index is 0.0824. The van der Waals surface area contributed by atoms with Crippen molar-refractivity contribution in [3.05, 3.63) is 46.4 Å². The number of carbonyl (C=O) groups excluding carboxylic acids is 1. The highest BCUT2D eigenvalue weighted by Crippen LogP contribution is 2.27. The lowest BCUT2D eigenvalue weighted by Gasteiger charge is -2.35. The first kappa shape index (κ1) is 16.5. The number of aromatic nitrogens is 1. The van der Waals surface area contributed by atoms with Crippen molar-refractivity contribution in [1.82, 2.24) is 15.2 Å². The molecule has 132 valence electrons. The van der Waals surface area contributed by atoms with Crippen LogP contribution < -0.4 is 10.2 Å². The number of carbonyl (C=O) groups is 1. The summed E-state index contributed by atoms with van der Waals surface area (Å²) in [6.07, 6.45) is 2.36. The van der Waals surface area contributed by atoms with Gasteiger partial charge in [-0.05, 0) is 31.5 Å². The van der Waals surface area contributed by atoms with Crippen LogP contribution in [0, 0.1) is 0 Å². The van der Waals surface area contributed by atoms with Crippen LogP contribution in [-0.4, -0.2) is 55.1 Å². The number of para-hydroxylation sites is 1. The molecule has 0 bridgehead atoms. The average Bonchev–Trinajstić information content (AvgIpc) is 3.19. The van der Waals surface area contributed by atoms with Crippen molar-refractivity contribution in [3.8, 4) is 0 Å². The number of nitrogens with one attached hydrogen (secondary N) is 1. The number of rotatable bonds is 3. The molecule has 1 unspecified atom stereocenters. The fraction of sp³-hybridized carbons (Fsp3) is 0.474. The van der Waals surface area contributed by atoms with Gasteiger partial charge in [-0.3, -0.25) is 4.79 Å². The topological polar surface area (TPSA) is 48.5 Å². The molecule has 1 N–H and O–H groups in total. The maximum atomic E-state index is 12.8. The van der Waals surface area contributed by atoms with Crippen LogP contribution in [0.25, 0.3) is 0 Å². The quantitative estimate of drug-likeness (QED) is 0.918. The summed E-state index contributed by atoms with van der Waals surface area (Å²) in [4.78, 5) is 21.7. The smallest absolute Gasteiger partial charge is 0.273 e. The molecule has 25 heavy (non-hydrogen) atoms. The highest BCUT2D eigenvalue weighted by atomic mass is 32.1. The van der Waals surface area contributed by atoms with E-state index in [0.29, 0.717) is 11.6 Å². The molecule has 2 saturated heterocycles. The van der Waals surface area contributed by atoms with E-state index in [1.54, 1.807) is 11.3 Å². The molecule has 3 heterocycles. The van der Waals surface area contributed by atoms with E-state index < -0.39 is 0 Å². The number of benzene rings is 1. The summed E-state index contributed by atoms with van der Waals surface area (Å²) in [5.74, 6) is 0.550. The Morgan fingerprint density at radius 3 is 2.68 bits per heavy atom. The van der Waals surface area contributed by atoms with Crippen molar-refractivity contribution in [2.24, 2.45) is 0 Å². The Morgan fingerprint density at radius 1 is 1.16 bits per heavy atom. The molecule has 0 saturated carbocycles. The first-order valence-electron chi connectivity index (χ1n) is 9.06. The Hall–Kier alpha value is -1.92. The predicted octanol–water partition coefficient (Wildman–Crippen LogP) is 2.57. The third-order valence-corrected chi connectivity index (χ3v) is 6.08. The lowest BCUT2D eigenvalue weighted by atomic mass is 10.0. The van der Waals surface area contributed by atoms with Gasteiger partial charge in [0.15, 0.2) is 0 Å². The van der Waals surface area contributed by atoms with Gasteiger partial charge < -0.3 is 15.1 Å². The summed E-state index contributed by atoms with van der Waals surface area (Å²) in [5.41, 5.74) is 1.86. The SMILES string of the molecule is O=C(c1csc(C2CCCNC2)n1)N1CCN(c2ccccc2)CC1. The second kappa shape index (κ2) is 7.54. The molecule has 2 fully saturated rings. The van der Waals surface area contributed by atoms with Crippen LogP contribution in [0.4, 0.5) is 5.69 Å². The molecule has 0 spiro atoms. The lowest BCUT2D eigenvalue weighted by Crippen LogP contribution is -2.48. The number of thiazole rings is 1. The normalized spacial score (nSPS) is 21.4. The third kappa shape index (κ3) is 3.70.